The predicted octanol–water partition coefficient (Wildman–Crippen LogP) is 4.43. The highest BCUT2D eigenvalue weighted by atomic mass is 16.3. The Kier molecular flexibility index (Phi) is 4.11. The zero-order valence-electron chi connectivity index (χ0n) is 12.0. The summed E-state index contributed by atoms with van der Waals surface area (Å²) < 4.78 is 0. The maximum absolute atomic E-state index is 10.4. The molecule has 1 N–H and O–H groups in total. The summed E-state index contributed by atoms with van der Waals surface area (Å²) >= 11 is 0. The van der Waals surface area contributed by atoms with Gasteiger partial charge in [-0.05, 0) is 54.2 Å². The van der Waals surface area contributed by atoms with Crippen LogP contribution in [-0.4, -0.2) is 5.11 Å². The van der Waals surface area contributed by atoms with Crippen molar-refractivity contribution in [1.82, 2.24) is 0 Å². The van der Waals surface area contributed by atoms with E-state index in [1.807, 2.05) is 0 Å². The predicted molar refractivity (Wildman–Crippen MR) is 76.7 cm³/mol. The third-order valence-electron chi connectivity index (χ3n) is 4.21. The van der Waals surface area contributed by atoms with Crippen LogP contribution in [0.4, 0.5) is 0 Å². The lowest BCUT2D eigenvalue weighted by Crippen LogP contribution is -2.13. The minimum atomic E-state index is -0.279. The van der Waals surface area contributed by atoms with Gasteiger partial charge >= 0.3 is 0 Å². The van der Waals surface area contributed by atoms with Gasteiger partial charge in [-0.3, -0.25) is 0 Å². The SMILES string of the molecule is CCCCc1ccc2c(c1)C(O)CC(C)(C)CC2. The smallest absolute Gasteiger partial charge is 0.0797 e. The van der Waals surface area contributed by atoms with Crippen molar-refractivity contribution in [3.63, 3.8) is 0 Å². The van der Waals surface area contributed by atoms with E-state index in [2.05, 4.69) is 39.0 Å². The fourth-order valence-corrected chi connectivity index (χ4v) is 2.93. The van der Waals surface area contributed by atoms with E-state index in [0.29, 0.717) is 0 Å². The quantitative estimate of drug-likeness (QED) is 0.782. The van der Waals surface area contributed by atoms with Crippen molar-refractivity contribution in [2.45, 2.75) is 65.4 Å². The average Bonchev–Trinajstić information content (AvgIpc) is 2.44. The molecule has 0 fully saturated rings. The van der Waals surface area contributed by atoms with Crippen LogP contribution in [0, 0.1) is 5.41 Å². The highest BCUT2D eigenvalue weighted by Gasteiger charge is 2.28. The van der Waals surface area contributed by atoms with Gasteiger partial charge in [0.25, 0.3) is 0 Å². The van der Waals surface area contributed by atoms with Crippen molar-refractivity contribution >= 4 is 0 Å². The molecule has 1 aliphatic carbocycles. The molecule has 0 aliphatic heterocycles. The number of aliphatic hydroxyl groups is 1. The van der Waals surface area contributed by atoms with Crippen molar-refractivity contribution in [3.8, 4) is 0 Å². The first kappa shape index (κ1) is 13.6. The van der Waals surface area contributed by atoms with Gasteiger partial charge in [0.05, 0.1) is 6.10 Å². The molecule has 0 bridgehead atoms. The highest BCUT2D eigenvalue weighted by molar-refractivity contribution is 5.35. The first-order valence-corrected chi connectivity index (χ1v) is 7.31. The van der Waals surface area contributed by atoms with Gasteiger partial charge in [0.1, 0.15) is 0 Å². The van der Waals surface area contributed by atoms with Crippen LogP contribution < -0.4 is 0 Å². The van der Waals surface area contributed by atoms with E-state index in [4.69, 9.17) is 0 Å². The van der Waals surface area contributed by atoms with Crippen molar-refractivity contribution < 1.29 is 5.11 Å². The third-order valence-corrected chi connectivity index (χ3v) is 4.21. The molecule has 1 nitrogen and oxygen atoms in total. The summed E-state index contributed by atoms with van der Waals surface area (Å²) in [4.78, 5) is 0. The Morgan fingerprint density at radius 2 is 2.11 bits per heavy atom. The second-order valence-electron chi connectivity index (χ2n) is 6.52. The molecule has 0 heterocycles. The number of hydrogen-bond acceptors (Lipinski definition) is 1. The minimum Gasteiger partial charge on any atom is -0.388 e. The van der Waals surface area contributed by atoms with Crippen LogP contribution in [0.25, 0.3) is 0 Å². The fraction of sp³-hybridized carbons (Fsp3) is 0.647. The highest BCUT2D eigenvalue weighted by Crippen LogP contribution is 2.39. The van der Waals surface area contributed by atoms with Gasteiger partial charge in [-0.1, -0.05) is 45.4 Å². The lowest BCUT2D eigenvalue weighted by atomic mass is 9.84. The molecule has 1 atom stereocenters. The molecule has 1 unspecified atom stereocenters. The summed E-state index contributed by atoms with van der Waals surface area (Å²) in [5.41, 5.74) is 4.18. The lowest BCUT2D eigenvalue weighted by molar-refractivity contribution is 0.116. The molecular formula is C17H26O. The normalized spacial score (nSPS) is 22.3. The first-order chi connectivity index (χ1) is 8.52. The molecule has 100 valence electrons. The fourth-order valence-electron chi connectivity index (χ4n) is 2.93. The second kappa shape index (κ2) is 5.44. The van der Waals surface area contributed by atoms with Crippen molar-refractivity contribution in [1.29, 1.82) is 0 Å². The van der Waals surface area contributed by atoms with Crippen molar-refractivity contribution in [2.24, 2.45) is 5.41 Å². The largest absolute Gasteiger partial charge is 0.388 e. The van der Waals surface area contributed by atoms with Crippen LogP contribution in [0.2, 0.25) is 0 Å². The molecule has 1 heteroatoms. The summed E-state index contributed by atoms with van der Waals surface area (Å²) in [6.07, 6.45) is 6.49. The molecule has 0 radical (unpaired) electrons. The van der Waals surface area contributed by atoms with Gasteiger partial charge in [0, 0.05) is 0 Å². The molecule has 18 heavy (non-hydrogen) atoms. The molecule has 1 aliphatic rings. The van der Waals surface area contributed by atoms with Gasteiger partial charge in [-0.25, -0.2) is 0 Å². The Hall–Kier alpha value is -0.820. The molecule has 0 saturated heterocycles. The minimum absolute atomic E-state index is 0.252. The Labute approximate surface area is 111 Å². The monoisotopic (exact) mass is 246 g/mol. The van der Waals surface area contributed by atoms with E-state index in [9.17, 15) is 5.11 Å². The third kappa shape index (κ3) is 3.14. The number of hydrogen-bond donors (Lipinski definition) is 1. The van der Waals surface area contributed by atoms with Crippen LogP contribution in [-0.2, 0) is 12.8 Å². The summed E-state index contributed by atoms with van der Waals surface area (Å²) in [7, 11) is 0. The number of fused-ring (bicyclic) bond motifs is 1. The van der Waals surface area contributed by atoms with E-state index < -0.39 is 0 Å². The maximum Gasteiger partial charge on any atom is 0.0797 e. The standard InChI is InChI=1S/C17H26O/c1-4-5-6-13-7-8-14-9-10-17(2,3)12-16(18)15(14)11-13/h7-8,11,16,18H,4-6,9-10,12H2,1-3H3. The Morgan fingerprint density at radius 1 is 1.33 bits per heavy atom. The van der Waals surface area contributed by atoms with E-state index in [1.54, 1.807) is 0 Å². The van der Waals surface area contributed by atoms with Crippen molar-refractivity contribution in [2.75, 3.05) is 0 Å². The molecule has 1 aromatic rings. The van der Waals surface area contributed by atoms with Crippen LogP contribution in [0.3, 0.4) is 0 Å². The van der Waals surface area contributed by atoms with E-state index >= 15 is 0 Å². The molecule has 1 aromatic carbocycles. The van der Waals surface area contributed by atoms with Crippen LogP contribution in [0.5, 0.6) is 0 Å². The number of aliphatic hydroxyl groups excluding tert-OH is 1. The summed E-state index contributed by atoms with van der Waals surface area (Å²) in [5.74, 6) is 0. The van der Waals surface area contributed by atoms with Crippen molar-refractivity contribution in [3.05, 3.63) is 34.9 Å². The van der Waals surface area contributed by atoms with Crippen LogP contribution >= 0.6 is 0 Å². The average molecular weight is 246 g/mol. The Bertz CT molecular complexity index is 406. The molecule has 0 amide bonds. The van der Waals surface area contributed by atoms with Gasteiger partial charge in [0.15, 0.2) is 0 Å². The van der Waals surface area contributed by atoms with Gasteiger partial charge in [-0.2, -0.15) is 0 Å². The molecule has 0 spiro atoms. The molecular weight excluding hydrogens is 220 g/mol. The molecule has 0 aromatic heterocycles. The number of unbranched alkanes of at least 4 members (excludes halogenated alkanes) is 1. The second-order valence-corrected chi connectivity index (χ2v) is 6.52. The summed E-state index contributed by atoms with van der Waals surface area (Å²) in [5, 5.41) is 10.4. The maximum atomic E-state index is 10.4. The summed E-state index contributed by atoms with van der Waals surface area (Å²) in [6.45, 7) is 6.75. The number of benzene rings is 1. The van der Waals surface area contributed by atoms with Gasteiger partial charge in [0.2, 0.25) is 0 Å². The van der Waals surface area contributed by atoms with Gasteiger partial charge < -0.3 is 5.11 Å². The van der Waals surface area contributed by atoms with E-state index in [1.165, 1.54) is 36.0 Å². The zero-order valence-corrected chi connectivity index (χ0v) is 12.0. The molecule has 0 saturated carbocycles. The summed E-state index contributed by atoms with van der Waals surface area (Å²) in [6, 6.07) is 6.74. The lowest BCUT2D eigenvalue weighted by Gasteiger charge is -2.24. The van der Waals surface area contributed by atoms with Gasteiger partial charge in [-0.15, -0.1) is 0 Å². The Balaban J connectivity index is 2.24. The number of rotatable bonds is 3. The first-order valence-electron chi connectivity index (χ1n) is 7.31. The van der Waals surface area contributed by atoms with E-state index in [-0.39, 0.29) is 11.5 Å². The van der Waals surface area contributed by atoms with E-state index in [0.717, 1.165) is 19.3 Å². The Morgan fingerprint density at radius 3 is 2.83 bits per heavy atom. The van der Waals surface area contributed by atoms with Crippen LogP contribution in [0.1, 0.15) is 69.2 Å². The molecule has 2 rings (SSSR count). The number of aryl methyl sites for hydroxylation is 2. The van der Waals surface area contributed by atoms with Crippen LogP contribution in [0.15, 0.2) is 18.2 Å². The topological polar surface area (TPSA) is 20.2 Å². The zero-order chi connectivity index (χ0) is 13.2.